The van der Waals surface area contributed by atoms with Crippen molar-refractivity contribution in [1.82, 2.24) is 0 Å². The molecule has 0 aliphatic heterocycles. The summed E-state index contributed by atoms with van der Waals surface area (Å²) < 4.78 is 7.18. The standard InChI is InChI=1S/C17H19IO2/c18-15-3-1-14(2-4-15)16(19)20-17-8-11-5-12(9-17)7-13(6-11)10-17/h1-4,11-13H,5-10H2. The van der Waals surface area contributed by atoms with Crippen LogP contribution >= 0.6 is 22.6 Å². The van der Waals surface area contributed by atoms with E-state index in [2.05, 4.69) is 22.6 Å². The average molecular weight is 382 g/mol. The van der Waals surface area contributed by atoms with Crippen molar-refractivity contribution in [3.63, 3.8) is 0 Å². The predicted molar refractivity (Wildman–Crippen MR) is 85.5 cm³/mol. The number of carbonyl (C=O) groups is 1. The molecule has 4 saturated carbocycles. The minimum Gasteiger partial charge on any atom is -0.455 e. The van der Waals surface area contributed by atoms with Crippen molar-refractivity contribution in [3.05, 3.63) is 33.4 Å². The fourth-order valence-corrected chi connectivity index (χ4v) is 5.36. The molecule has 20 heavy (non-hydrogen) atoms. The molecule has 4 bridgehead atoms. The first-order valence-electron chi connectivity index (χ1n) is 7.61. The third-order valence-corrected chi connectivity index (χ3v) is 6.09. The number of hydrogen-bond donors (Lipinski definition) is 0. The Bertz CT molecular complexity index is 499. The Morgan fingerprint density at radius 1 is 1.00 bits per heavy atom. The second-order valence-electron chi connectivity index (χ2n) is 7.00. The van der Waals surface area contributed by atoms with Crippen molar-refractivity contribution >= 4 is 28.6 Å². The number of benzene rings is 1. The molecule has 1 aromatic carbocycles. The van der Waals surface area contributed by atoms with E-state index in [9.17, 15) is 4.79 Å². The highest BCUT2D eigenvalue weighted by Crippen LogP contribution is 2.57. The van der Waals surface area contributed by atoms with Crippen LogP contribution in [0.1, 0.15) is 48.9 Å². The Labute approximate surface area is 133 Å². The zero-order chi connectivity index (χ0) is 13.7. The molecular formula is C17H19IO2. The molecule has 0 spiro atoms. The highest BCUT2D eigenvalue weighted by molar-refractivity contribution is 14.1. The summed E-state index contributed by atoms with van der Waals surface area (Å²) >= 11 is 2.25. The van der Waals surface area contributed by atoms with Gasteiger partial charge in [0, 0.05) is 3.57 Å². The lowest BCUT2D eigenvalue weighted by molar-refractivity contribution is -0.131. The minimum absolute atomic E-state index is 0.122. The predicted octanol–water partition coefficient (Wildman–Crippen LogP) is 4.42. The number of esters is 1. The molecule has 3 heteroatoms. The number of halogens is 1. The number of rotatable bonds is 2. The molecule has 0 unspecified atom stereocenters. The molecule has 0 radical (unpaired) electrons. The molecule has 2 nitrogen and oxygen atoms in total. The van der Waals surface area contributed by atoms with Gasteiger partial charge in [0.1, 0.15) is 5.60 Å². The van der Waals surface area contributed by atoms with E-state index in [1.54, 1.807) is 0 Å². The second kappa shape index (κ2) is 4.72. The molecule has 0 aromatic heterocycles. The molecule has 0 atom stereocenters. The molecule has 106 valence electrons. The monoisotopic (exact) mass is 382 g/mol. The van der Waals surface area contributed by atoms with Gasteiger partial charge in [-0.05, 0) is 103 Å². The summed E-state index contributed by atoms with van der Waals surface area (Å²) in [7, 11) is 0. The lowest BCUT2D eigenvalue weighted by atomic mass is 9.54. The Balaban J connectivity index is 1.53. The molecule has 4 aliphatic carbocycles. The molecule has 0 heterocycles. The molecule has 4 fully saturated rings. The van der Waals surface area contributed by atoms with Crippen LogP contribution in [0.2, 0.25) is 0 Å². The van der Waals surface area contributed by atoms with Crippen molar-refractivity contribution in [2.24, 2.45) is 17.8 Å². The first kappa shape index (κ1) is 13.1. The van der Waals surface area contributed by atoms with E-state index >= 15 is 0 Å². The second-order valence-corrected chi connectivity index (χ2v) is 8.24. The van der Waals surface area contributed by atoms with Gasteiger partial charge in [0.05, 0.1) is 5.56 Å². The van der Waals surface area contributed by atoms with Crippen LogP contribution in [-0.4, -0.2) is 11.6 Å². The van der Waals surface area contributed by atoms with E-state index in [1.807, 2.05) is 24.3 Å². The summed E-state index contributed by atoms with van der Waals surface area (Å²) in [6.45, 7) is 0. The summed E-state index contributed by atoms with van der Waals surface area (Å²) in [6.07, 6.45) is 7.44. The van der Waals surface area contributed by atoms with Crippen molar-refractivity contribution < 1.29 is 9.53 Å². The molecule has 4 aliphatic rings. The van der Waals surface area contributed by atoms with Gasteiger partial charge in [-0.3, -0.25) is 0 Å². The van der Waals surface area contributed by atoms with Crippen LogP contribution in [0.25, 0.3) is 0 Å². The molecule has 0 amide bonds. The van der Waals surface area contributed by atoms with Crippen LogP contribution in [-0.2, 0) is 4.74 Å². The first-order valence-corrected chi connectivity index (χ1v) is 8.69. The molecule has 0 N–H and O–H groups in total. The normalized spacial score (nSPS) is 38.0. The lowest BCUT2D eigenvalue weighted by Gasteiger charge is -2.55. The van der Waals surface area contributed by atoms with E-state index in [0.717, 1.165) is 40.6 Å². The van der Waals surface area contributed by atoms with Crippen LogP contribution in [0.5, 0.6) is 0 Å². The smallest absolute Gasteiger partial charge is 0.338 e. The number of carbonyl (C=O) groups excluding carboxylic acids is 1. The summed E-state index contributed by atoms with van der Waals surface area (Å²) in [5.41, 5.74) is 0.565. The molecule has 5 rings (SSSR count). The van der Waals surface area contributed by atoms with Gasteiger partial charge in [0.25, 0.3) is 0 Å². The largest absolute Gasteiger partial charge is 0.455 e. The van der Waals surface area contributed by atoms with Crippen LogP contribution in [0.3, 0.4) is 0 Å². The van der Waals surface area contributed by atoms with Gasteiger partial charge in [0.2, 0.25) is 0 Å². The maximum absolute atomic E-state index is 12.4. The van der Waals surface area contributed by atoms with E-state index in [1.165, 1.54) is 19.3 Å². The van der Waals surface area contributed by atoms with Crippen molar-refractivity contribution in [3.8, 4) is 0 Å². The summed E-state index contributed by atoms with van der Waals surface area (Å²) in [6, 6.07) is 7.70. The van der Waals surface area contributed by atoms with E-state index in [0.29, 0.717) is 5.56 Å². The van der Waals surface area contributed by atoms with E-state index < -0.39 is 0 Å². The molecular weight excluding hydrogens is 363 g/mol. The quantitative estimate of drug-likeness (QED) is 0.559. The van der Waals surface area contributed by atoms with Crippen LogP contribution in [0.15, 0.2) is 24.3 Å². The van der Waals surface area contributed by atoms with Gasteiger partial charge >= 0.3 is 5.97 Å². The zero-order valence-electron chi connectivity index (χ0n) is 11.5. The van der Waals surface area contributed by atoms with Gasteiger partial charge in [-0.25, -0.2) is 4.79 Å². The fraction of sp³-hybridized carbons (Fsp3) is 0.588. The van der Waals surface area contributed by atoms with Gasteiger partial charge < -0.3 is 4.74 Å². The summed E-state index contributed by atoms with van der Waals surface area (Å²) in [5.74, 6) is 2.31. The highest BCUT2D eigenvalue weighted by atomic mass is 127. The Morgan fingerprint density at radius 2 is 1.50 bits per heavy atom. The third-order valence-electron chi connectivity index (χ3n) is 5.37. The third kappa shape index (κ3) is 2.28. The van der Waals surface area contributed by atoms with Crippen LogP contribution < -0.4 is 0 Å². The number of ether oxygens (including phenoxy) is 1. The zero-order valence-corrected chi connectivity index (χ0v) is 13.6. The van der Waals surface area contributed by atoms with Crippen LogP contribution in [0.4, 0.5) is 0 Å². The van der Waals surface area contributed by atoms with Crippen molar-refractivity contribution in [2.45, 2.75) is 44.1 Å². The van der Waals surface area contributed by atoms with Crippen molar-refractivity contribution in [1.29, 1.82) is 0 Å². The maximum Gasteiger partial charge on any atom is 0.338 e. The van der Waals surface area contributed by atoms with Gasteiger partial charge in [-0.15, -0.1) is 0 Å². The Morgan fingerprint density at radius 3 is 2.00 bits per heavy atom. The van der Waals surface area contributed by atoms with Crippen LogP contribution in [0, 0.1) is 21.3 Å². The Hall–Kier alpha value is -0.580. The molecule has 0 saturated heterocycles. The van der Waals surface area contributed by atoms with Gasteiger partial charge in [0.15, 0.2) is 0 Å². The topological polar surface area (TPSA) is 26.3 Å². The van der Waals surface area contributed by atoms with E-state index in [-0.39, 0.29) is 11.6 Å². The summed E-state index contributed by atoms with van der Waals surface area (Å²) in [4.78, 5) is 12.4. The van der Waals surface area contributed by atoms with E-state index in [4.69, 9.17) is 4.74 Å². The first-order chi connectivity index (χ1) is 9.62. The summed E-state index contributed by atoms with van der Waals surface area (Å²) in [5, 5.41) is 0. The highest BCUT2D eigenvalue weighted by Gasteiger charge is 2.53. The SMILES string of the molecule is O=C(OC12CC3CC(CC(C3)C1)C2)c1ccc(I)cc1. The Kier molecular flexibility index (Phi) is 3.09. The van der Waals surface area contributed by atoms with Gasteiger partial charge in [-0.2, -0.15) is 0 Å². The minimum atomic E-state index is -0.130. The maximum atomic E-state index is 12.4. The fourth-order valence-electron chi connectivity index (χ4n) is 5.00. The number of hydrogen-bond acceptors (Lipinski definition) is 2. The average Bonchev–Trinajstić information content (AvgIpc) is 2.37. The van der Waals surface area contributed by atoms with Crippen molar-refractivity contribution in [2.75, 3.05) is 0 Å². The lowest BCUT2D eigenvalue weighted by Crippen LogP contribution is -2.52. The molecule has 1 aromatic rings. The van der Waals surface area contributed by atoms with Gasteiger partial charge in [-0.1, -0.05) is 0 Å².